The van der Waals surface area contributed by atoms with Crippen LogP contribution in [0.1, 0.15) is 26.8 Å². The summed E-state index contributed by atoms with van der Waals surface area (Å²) in [6, 6.07) is 17.0. The standard InChI is InChI=1S/C24H23N5O3S/c1-29-12-19(23-27-28-24(31)33-23)21(13-29)26-22(30)15-7-9-17(10-8-15)32-14-16-4-2-6-20-18(16)5-3-11-25-20/h2-11,19,21H,12-14H2,1H3,(H,26,30)(H,28,31)/p+1/t19-,21+/m0/s1. The highest BCUT2D eigenvalue weighted by atomic mass is 32.1. The number of aromatic amines is 1. The monoisotopic (exact) mass is 462 g/mol. The molecule has 1 fully saturated rings. The number of likely N-dealkylation sites (N-methyl/N-ethyl adjacent to an activating group) is 1. The fourth-order valence-electron chi connectivity index (χ4n) is 4.34. The Hall–Kier alpha value is -3.56. The SMILES string of the molecule is C[NH+]1C[C@H](c2n[nH]c(=O)s2)[C@H](NC(=O)c2ccc(OCc3cccc4ncccc34)cc2)C1. The minimum Gasteiger partial charge on any atom is -0.489 e. The molecule has 0 aliphatic carbocycles. The van der Waals surface area contributed by atoms with E-state index in [-0.39, 0.29) is 22.7 Å². The smallest absolute Gasteiger partial charge is 0.322 e. The molecule has 3 N–H and O–H groups in total. The highest BCUT2D eigenvalue weighted by Crippen LogP contribution is 2.22. The maximum absolute atomic E-state index is 12.9. The molecule has 33 heavy (non-hydrogen) atoms. The van der Waals surface area contributed by atoms with E-state index < -0.39 is 0 Å². The first-order chi connectivity index (χ1) is 16.1. The second-order valence-electron chi connectivity index (χ2n) is 8.30. The number of rotatable bonds is 6. The fraction of sp³-hybridized carbons (Fsp3) is 0.250. The molecule has 5 rings (SSSR count). The molecule has 9 heteroatoms. The summed E-state index contributed by atoms with van der Waals surface area (Å²) in [5.74, 6) is 0.571. The number of hydrogen-bond donors (Lipinski definition) is 3. The third-order valence-electron chi connectivity index (χ3n) is 5.96. The number of amides is 1. The van der Waals surface area contributed by atoms with Crippen molar-refractivity contribution in [3.63, 3.8) is 0 Å². The summed E-state index contributed by atoms with van der Waals surface area (Å²) < 4.78 is 5.96. The van der Waals surface area contributed by atoms with E-state index in [9.17, 15) is 9.59 Å². The number of hydrogen-bond acceptors (Lipinski definition) is 6. The lowest BCUT2D eigenvalue weighted by atomic mass is 10.0. The molecule has 1 saturated heterocycles. The normalized spacial score (nSPS) is 20.1. The second-order valence-corrected chi connectivity index (χ2v) is 9.30. The number of H-pyrrole nitrogens is 1. The van der Waals surface area contributed by atoms with Gasteiger partial charge in [-0.1, -0.05) is 29.5 Å². The number of nitrogens with one attached hydrogen (secondary N) is 3. The van der Waals surface area contributed by atoms with E-state index in [1.165, 1.54) is 4.90 Å². The molecule has 4 aromatic rings. The molecule has 1 unspecified atom stereocenters. The molecule has 1 amide bonds. The number of carbonyl (C=O) groups excluding carboxylic acids is 1. The molecule has 2 aromatic heterocycles. The maximum atomic E-state index is 12.9. The Labute approximate surface area is 194 Å². The number of likely N-dealkylation sites (tertiary alicyclic amines) is 1. The van der Waals surface area contributed by atoms with Gasteiger partial charge in [0, 0.05) is 17.1 Å². The second kappa shape index (κ2) is 9.13. The van der Waals surface area contributed by atoms with Crippen molar-refractivity contribution in [2.45, 2.75) is 18.6 Å². The number of quaternary nitrogens is 1. The van der Waals surface area contributed by atoms with Crippen LogP contribution in [-0.2, 0) is 6.61 Å². The van der Waals surface area contributed by atoms with Crippen LogP contribution in [0, 0.1) is 0 Å². The third kappa shape index (κ3) is 4.64. The van der Waals surface area contributed by atoms with Gasteiger partial charge >= 0.3 is 4.87 Å². The zero-order valence-corrected chi connectivity index (χ0v) is 18.9. The lowest BCUT2D eigenvalue weighted by Gasteiger charge is -2.15. The first-order valence-electron chi connectivity index (χ1n) is 10.8. The third-order valence-corrected chi connectivity index (χ3v) is 6.84. The Kier molecular flexibility index (Phi) is 5.89. The summed E-state index contributed by atoms with van der Waals surface area (Å²) in [4.78, 5) is 29.9. The Morgan fingerprint density at radius 3 is 2.82 bits per heavy atom. The molecule has 168 valence electrons. The van der Waals surface area contributed by atoms with Gasteiger partial charge in [0.15, 0.2) is 0 Å². The quantitative estimate of drug-likeness (QED) is 0.402. The van der Waals surface area contributed by atoms with Gasteiger partial charge in [-0.15, -0.1) is 0 Å². The first-order valence-corrected chi connectivity index (χ1v) is 11.6. The van der Waals surface area contributed by atoms with Crippen molar-refractivity contribution >= 4 is 28.1 Å². The summed E-state index contributed by atoms with van der Waals surface area (Å²) in [5.41, 5.74) is 2.56. The molecule has 1 aliphatic heterocycles. The van der Waals surface area contributed by atoms with E-state index in [1.54, 1.807) is 30.5 Å². The lowest BCUT2D eigenvalue weighted by molar-refractivity contribution is -0.867. The predicted molar refractivity (Wildman–Crippen MR) is 126 cm³/mol. The van der Waals surface area contributed by atoms with Gasteiger partial charge in [-0.05, 0) is 42.0 Å². The van der Waals surface area contributed by atoms with E-state index in [2.05, 4.69) is 27.5 Å². The van der Waals surface area contributed by atoms with Crippen LogP contribution in [0.25, 0.3) is 10.9 Å². The van der Waals surface area contributed by atoms with Crippen molar-refractivity contribution in [3.05, 3.63) is 86.6 Å². The van der Waals surface area contributed by atoms with Crippen molar-refractivity contribution in [2.75, 3.05) is 20.1 Å². The van der Waals surface area contributed by atoms with Crippen LogP contribution in [0.4, 0.5) is 0 Å². The topological polar surface area (TPSA) is 101 Å². The number of benzene rings is 2. The minimum absolute atomic E-state index is 0.0238. The van der Waals surface area contributed by atoms with Crippen molar-refractivity contribution in [1.82, 2.24) is 20.5 Å². The zero-order chi connectivity index (χ0) is 22.8. The minimum atomic E-state index is -0.171. The average molecular weight is 463 g/mol. The summed E-state index contributed by atoms with van der Waals surface area (Å²) in [6.07, 6.45) is 1.78. The fourth-order valence-corrected chi connectivity index (χ4v) is 5.11. The van der Waals surface area contributed by atoms with Crippen LogP contribution < -0.4 is 19.8 Å². The molecule has 3 atom stereocenters. The summed E-state index contributed by atoms with van der Waals surface area (Å²) in [7, 11) is 2.08. The zero-order valence-electron chi connectivity index (χ0n) is 18.1. The van der Waals surface area contributed by atoms with Gasteiger partial charge in [-0.25, -0.2) is 5.10 Å². The largest absolute Gasteiger partial charge is 0.489 e. The van der Waals surface area contributed by atoms with Gasteiger partial charge in [0.1, 0.15) is 17.4 Å². The number of ether oxygens (including phenoxy) is 1. The maximum Gasteiger partial charge on any atom is 0.322 e. The van der Waals surface area contributed by atoms with Gasteiger partial charge in [-0.3, -0.25) is 14.6 Å². The van der Waals surface area contributed by atoms with Gasteiger partial charge < -0.3 is 15.0 Å². The van der Waals surface area contributed by atoms with Crippen molar-refractivity contribution in [1.29, 1.82) is 0 Å². The Morgan fingerprint density at radius 2 is 2.03 bits per heavy atom. The molecule has 2 aromatic carbocycles. The van der Waals surface area contributed by atoms with Crippen molar-refractivity contribution in [3.8, 4) is 5.75 Å². The summed E-state index contributed by atoms with van der Waals surface area (Å²) >= 11 is 1.11. The average Bonchev–Trinajstić information content (AvgIpc) is 3.42. The van der Waals surface area contributed by atoms with E-state index in [4.69, 9.17) is 4.74 Å². The van der Waals surface area contributed by atoms with E-state index in [1.807, 2.05) is 30.3 Å². The van der Waals surface area contributed by atoms with Crippen molar-refractivity contribution < 1.29 is 14.4 Å². The van der Waals surface area contributed by atoms with E-state index in [0.717, 1.165) is 45.9 Å². The molecule has 8 nitrogen and oxygen atoms in total. The molecule has 0 saturated carbocycles. The molecule has 1 aliphatic rings. The van der Waals surface area contributed by atoms with Gasteiger partial charge in [-0.2, -0.15) is 5.10 Å². The molecule has 0 spiro atoms. The predicted octanol–water partition coefficient (Wildman–Crippen LogP) is 1.37. The molecular weight excluding hydrogens is 438 g/mol. The highest BCUT2D eigenvalue weighted by Gasteiger charge is 2.38. The van der Waals surface area contributed by atoms with Crippen LogP contribution in [0.15, 0.2) is 65.6 Å². The van der Waals surface area contributed by atoms with Crippen molar-refractivity contribution in [2.24, 2.45) is 0 Å². The Morgan fingerprint density at radius 1 is 1.18 bits per heavy atom. The lowest BCUT2D eigenvalue weighted by Crippen LogP contribution is -3.07. The number of carbonyl (C=O) groups is 1. The highest BCUT2D eigenvalue weighted by molar-refractivity contribution is 7.08. The Balaban J connectivity index is 1.23. The van der Waals surface area contributed by atoms with Gasteiger partial charge in [0.2, 0.25) is 0 Å². The Bertz CT molecular complexity index is 1330. The number of aromatic nitrogens is 3. The number of nitrogens with zero attached hydrogens (tertiary/aromatic N) is 2. The van der Waals surface area contributed by atoms with Crippen LogP contribution in [0.3, 0.4) is 0 Å². The molecular formula is C24H24N5O3S+. The van der Waals surface area contributed by atoms with Crippen LogP contribution in [0.2, 0.25) is 0 Å². The van der Waals surface area contributed by atoms with Crippen LogP contribution in [0.5, 0.6) is 5.75 Å². The van der Waals surface area contributed by atoms with Gasteiger partial charge in [0.25, 0.3) is 5.91 Å². The van der Waals surface area contributed by atoms with Crippen LogP contribution in [-0.4, -0.2) is 47.3 Å². The van der Waals surface area contributed by atoms with Crippen LogP contribution >= 0.6 is 11.3 Å². The van der Waals surface area contributed by atoms with E-state index in [0.29, 0.717) is 17.9 Å². The molecule has 3 heterocycles. The molecule has 0 radical (unpaired) electrons. The number of pyridine rings is 1. The molecule has 0 bridgehead atoms. The summed E-state index contributed by atoms with van der Waals surface area (Å²) in [5, 5.41) is 11.5. The van der Waals surface area contributed by atoms with Gasteiger partial charge in [0.05, 0.1) is 37.6 Å². The number of fused-ring (bicyclic) bond motifs is 1. The first kappa shape index (κ1) is 21.3. The summed E-state index contributed by atoms with van der Waals surface area (Å²) in [6.45, 7) is 2.02. The van der Waals surface area contributed by atoms with E-state index >= 15 is 0 Å².